The first-order valence-corrected chi connectivity index (χ1v) is 8.24. The Morgan fingerprint density at radius 1 is 1.39 bits per heavy atom. The minimum atomic E-state index is -4.64. The highest BCUT2D eigenvalue weighted by molar-refractivity contribution is 7.89. The summed E-state index contributed by atoms with van der Waals surface area (Å²) in [6.07, 6.45) is -4.84. The third-order valence-corrected chi connectivity index (χ3v) is 5.45. The number of nitrogens with two attached hydrogens (primary N) is 1. The summed E-state index contributed by atoms with van der Waals surface area (Å²) >= 11 is 0. The van der Waals surface area contributed by atoms with Crippen LogP contribution in [0.1, 0.15) is 12.0 Å². The van der Waals surface area contributed by atoms with E-state index >= 15 is 0 Å². The number of nitrogens with one attached hydrogen (secondary N) is 1. The predicted octanol–water partition coefficient (Wildman–Crippen LogP) is 0.543. The van der Waals surface area contributed by atoms with Gasteiger partial charge in [0.1, 0.15) is 0 Å². The minimum Gasteiger partial charge on any atom is -0.370 e. The molecule has 0 bridgehead atoms. The average Bonchev–Trinajstić information content (AvgIpc) is 2.46. The fourth-order valence-electron chi connectivity index (χ4n) is 2.43. The second kappa shape index (κ2) is 6.46. The Labute approximate surface area is 131 Å². The fourth-order valence-corrected chi connectivity index (χ4v) is 4.10. The molecule has 1 unspecified atom stereocenters. The Morgan fingerprint density at radius 2 is 2.09 bits per heavy atom. The van der Waals surface area contributed by atoms with Crippen molar-refractivity contribution in [1.82, 2.24) is 9.62 Å². The molecule has 0 saturated carbocycles. The van der Waals surface area contributed by atoms with Crippen LogP contribution < -0.4 is 11.1 Å². The number of alkyl halides is 3. The number of benzene rings is 1. The SMILES string of the molecule is NC(=O)CC1CNCCN1S(=O)(=O)c1cccc(C(F)(F)F)c1. The monoisotopic (exact) mass is 351 g/mol. The van der Waals surface area contributed by atoms with E-state index in [1.54, 1.807) is 0 Å². The first-order chi connectivity index (χ1) is 10.6. The third kappa shape index (κ3) is 4.01. The lowest BCUT2D eigenvalue weighted by molar-refractivity contribution is -0.137. The predicted molar refractivity (Wildman–Crippen MR) is 75.8 cm³/mol. The molecule has 2 rings (SSSR count). The normalized spacial score (nSPS) is 20.4. The van der Waals surface area contributed by atoms with Gasteiger partial charge in [-0.2, -0.15) is 17.5 Å². The molecule has 0 aliphatic carbocycles. The van der Waals surface area contributed by atoms with Crippen LogP contribution in [0.15, 0.2) is 29.2 Å². The lowest BCUT2D eigenvalue weighted by atomic mass is 10.1. The number of sulfonamides is 1. The Kier molecular flexibility index (Phi) is 4.97. The van der Waals surface area contributed by atoms with Crippen molar-refractivity contribution >= 4 is 15.9 Å². The van der Waals surface area contributed by atoms with E-state index in [-0.39, 0.29) is 19.5 Å². The maximum absolute atomic E-state index is 12.8. The number of carbonyl (C=O) groups is 1. The number of piperazine rings is 1. The van der Waals surface area contributed by atoms with Gasteiger partial charge in [0.25, 0.3) is 0 Å². The highest BCUT2D eigenvalue weighted by Gasteiger charge is 2.36. The van der Waals surface area contributed by atoms with E-state index in [0.717, 1.165) is 22.5 Å². The highest BCUT2D eigenvalue weighted by atomic mass is 32.2. The van der Waals surface area contributed by atoms with Gasteiger partial charge in [0.2, 0.25) is 15.9 Å². The summed E-state index contributed by atoms with van der Waals surface area (Å²) in [5.41, 5.74) is 4.07. The quantitative estimate of drug-likeness (QED) is 0.828. The van der Waals surface area contributed by atoms with Crippen LogP contribution in [0.5, 0.6) is 0 Å². The van der Waals surface area contributed by atoms with Crippen molar-refractivity contribution in [3.8, 4) is 0 Å². The Hall–Kier alpha value is -1.65. The molecule has 1 aliphatic heterocycles. The fraction of sp³-hybridized carbons (Fsp3) is 0.462. The zero-order valence-corrected chi connectivity index (χ0v) is 12.8. The molecule has 0 spiro atoms. The summed E-state index contributed by atoms with van der Waals surface area (Å²) in [6.45, 7) is 0.602. The minimum absolute atomic E-state index is 0.0521. The van der Waals surface area contributed by atoms with Crippen molar-refractivity contribution in [2.75, 3.05) is 19.6 Å². The number of hydrogen-bond donors (Lipinski definition) is 2. The third-order valence-electron chi connectivity index (χ3n) is 3.50. The molecular formula is C13H16F3N3O3S. The van der Waals surface area contributed by atoms with Crippen LogP contribution in [0.4, 0.5) is 13.2 Å². The van der Waals surface area contributed by atoms with Crippen LogP contribution in [0.3, 0.4) is 0 Å². The van der Waals surface area contributed by atoms with Crippen molar-refractivity contribution in [3.63, 3.8) is 0 Å². The van der Waals surface area contributed by atoms with Crippen molar-refractivity contribution in [2.45, 2.75) is 23.5 Å². The number of hydrogen-bond acceptors (Lipinski definition) is 4. The molecular weight excluding hydrogens is 335 g/mol. The van der Waals surface area contributed by atoms with Crippen LogP contribution in [0.25, 0.3) is 0 Å². The maximum atomic E-state index is 12.8. The number of primary amides is 1. The smallest absolute Gasteiger partial charge is 0.370 e. The van der Waals surface area contributed by atoms with Gasteiger partial charge >= 0.3 is 6.18 Å². The Balaban J connectivity index is 2.38. The van der Waals surface area contributed by atoms with Gasteiger partial charge in [-0.15, -0.1) is 0 Å². The second-order valence-corrected chi connectivity index (χ2v) is 7.06. The molecule has 1 fully saturated rings. The first-order valence-electron chi connectivity index (χ1n) is 6.80. The van der Waals surface area contributed by atoms with Crippen LogP contribution in [-0.4, -0.2) is 44.3 Å². The summed E-state index contributed by atoms with van der Waals surface area (Å²) < 4.78 is 64.6. The molecule has 0 aromatic heterocycles. The van der Waals surface area contributed by atoms with E-state index in [2.05, 4.69) is 5.32 Å². The molecule has 1 aliphatic rings. The summed E-state index contributed by atoms with van der Waals surface area (Å²) in [4.78, 5) is 10.6. The van der Waals surface area contributed by atoms with Crippen LogP contribution in [0, 0.1) is 0 Å². The summed E-state index contributed by atoms with van der Waals surface area (Å²) in [5.74, 6) is -0.678. The van der Waals surface area contributed by atoms with E-state index in [4.69, 9.17) is 5.73 Å². The van der Waals surface area contributed by atoms with Gasteiger partial charge in [-0.05, 0) is 18.2 Å². The number of carbonyl (C=O) groups excluding carboxylic acids is 1. The van der Waals surface area contributed by atoms with Gasteiger partial charge in [0.05, 0.1) is 10.5 Å². The van der Waals surface area contributed by atoms with Gasteiger partial charge in [0.15, 0.2) is 0 Å². The van der Waals surface area contributed by atoms with Crippen molar-refractivity contribution in [1.29, 1.82) is 0 Å². The molecule has 10 heteroatoms. The second-order valence-electron chi connectivity index (χ2n) is 5.17. The molecule has 1 amide bonds. The number of rotatable bonds is 4. The van der Waals surface area contributed by atoms with Crippen molar-refractivity contribution in [2.24, 2.45) is 5.73 Å². The summed E-state index contributed by atoms with van der Waals surface area (Å²) in [7, 11) is -4.15. The molecule has 0 radical (unpaired) electrons. The molecule has 1 aromatic rings. The average molecular weight is 351 g/mol. The molecule has 128 valence electrons. The molecule has 1 atom stereocenters. The number of halogens is 3. The molecule has 1 heterocycles. The standard InChI is InChI=1S/C13H16F3N3O3S/c14-13(15,16)9-2-1-3-11(6-9)23(21,22)19-5-4-18-8-10(19)7-12(17)20/h1-3,6,10,18H,4-5,7-8H2,(H2,17,20). The molecule has 23 heavy (non-hydrogen) atoms. The Morgan fingerprint density at radius 3 is 2.70 bits per heavy atom. The van der Waals surface area contributed by atoms with Crippen molar-refractivity contribution < 1.29 is 26.4 Å². The van der Waals surface area contributed by atoms with E-state index in [9.17, 15) is 26.4 Å². The zero-order chi connectivity index (χ0) is 17.3. The van der Waals surface area contributed by atoms with E-state index in [1.165, 1.54) is 0 Å². The summed E-state index contributed by atoms with van der Waals surface area (Å²) in [5, 5.41) is 2.94. The van der Waals surface area contributed by atoms with E-state index < -0.39 is 38.6 Å². The lowest BCUT2D eigenvalue weighted by Crippen LogP contribution is -2.54. The van der Waals surface area contributed by atoms with Crippen LogP contribution in [0.2, 0.25) is 0 Å². The molecule has 1 saturated heterocycles. The topological polar surface area (TPSA) is 92.5 Å². The van der Waals surface area contributed by atoms with Gasteiger partial charge < -0.3 is 11.1 Å². The highest BCUT2D eigenvalue weighted by Crippen LogP contribution is 2.31. The number of amides is 1. The van der Waals surface area contributed by atoms with Gasteiger partial charge in [-0.25, -0.2) is 8.42 Å². The van der Waals surface area contributed by atoms with Gasteiger partial charge in [-0.3, -0.25) is 4.79 Å². The van der Waals surface area contributed by atoms with Gasteiger partial charge in [0, 0.05) is 32.1 Å². The van der Waals surface area contributed by atoms with E-state index in [0.29, 0.717) is 12.6 Å². The first kappa shape index (κ1) is 17.7. The largest absolute Gasteiger partial charge is 0.416 e. The maximum Gasteiger partial charge on any atom is 0.416 e. The van der Waals surface area contributed by atoms with Gasteiger partial charge in [-0.1, -0.05) is 6.07 Å². The Bertz CT molecular complexity index is 691. The summed E-state index contributed by atoms with van der Waals surface area (Å²) in [6, 6.07) is 2.83. The molecule has 3 N–H and O–H groups in total. The van der Waals surface area contributed by atoms with Crippen LogP contribution >= 0.6 is 0 Å². The number of nitrogens with zero attached hydrogens (tertiary/aromatic N) is 1. The lowest BCUT2D eigenvalue weighted by Gasteiger charge is -2.34. The molecule has 6 nitrogen and oxygen atoms in total. The van der Waals surface area contributed by atoms with Crippen LogP contribution in [-0.2, 0) is 21.0 Å². The zero-order valence-electron chi connectivity index (χ0n) is 12.0. The van der Waals surface area contributed by atoms with E-state index in [1.807, 2.05) is 0 Å². The molecule has 1 aromatic carbocycles. The van der Waals surface area contributed by atoms with Crippen molar-refractivity contribution in [3.05, 3.63) is 29.8 Å².